The molecular weight excluding hydrogens is 258 g/mol. The summed E-state index contributed by atoms with van der Waals surface area (Å²) in [5, 5.41) is 0. The van der Waals surface area contributed by atoms with E-state index in [9.17, 15) is 8.78 Å². The van der Waals surface area contributed by atoms with Crippen molar-refractivity contribution in [2.45, 2.75) is 84.1 Å². The highest BCUT2D eigenvalue weighted by atomic mass is 19.2. The van der Waals surface area contributed by atoms with Crippen LogP contribution in [0, 0.1) is 11.9 Å². The topological polar surface area (TPSA) is 17.8 Å². The van der Waals surface area contributed by atoms with Gasteiger partial charge in [-0.15, -0.1) is 0 Å². The van der Waals surface area contributed by atoms with E-state index in [1.807, 2.05) is 6.92 Å². The second-order valence-electron chi connectivity index (χ2n) is 5.96. The minimum atomic E-state index is -0.987. The standard InChI is InChI=1S/C16H28F2N2/c1-4-6-8-9-10-12-16(3,11-7-5-2)20-13-19-14(17)15(20)18/h13H,4-12H2,1-3H3. The summed E-state index contributed by atoms with van der Waals surface area (Å²) in [5.74, 6) is -1.81. The number of unbranched alkanes of at least 4 members (excludes halogenated alkanes) is 5. The molecule has 2 nitrogen and oxygen atoms in total. The predicted octanol–water partition coefficient (Wildman–Crippen LogP) is 5.43. The zero-order chi connectivity index (χ0) is 15.0. The van der Waals surface area contributed by atoms with Gasteiger partial charge in [-0.25, -0.2) is 4.98 Å². The molecule has 1 unspecified atom stereocenters. The average Bonchev–Trinajstić information content (AvgIpc) is 2.77. The van der Waals surface area contributed by atoms with E-state index in [-0.39, 0.29) is 5.54 Å². The largest absolute Gasteiger partial charge is 0.299 e. The van der Waals surface area contributed by atoms with Crippen LogP contribution in [0.25, 0.3) is 0 Å². The van der Waals surface area contributed by atoms with E-state index in [4.69, 9.17) is 0 Å². The lowest BCUT2D eigenvalue weighted by Crippen LogP contribution is -2.31. The first-order valence-corrected chi connectivity index (χ1v) is 7.94. The van der Waals surface area contributed by atoms with Crippen molar-refractivity contribution in [1.82, 2.24) is 9.55 Å². The third-order valence-electron chi connectivity index (χ3n) is 4.14. The minimum absolute atomic E-state index is 0.357. The summed E-state index contributed by atoms with van der Waals surface area (Å²) >= 11 is 0. The zero-order valence-electron chi connectivity index (χ0n) is 13.1. The summed E-state index contributed by atoms with van der Waals surface area (Å²) in [6.07, 6.45) is 11.0. The van der Waals surface area contributed by atoms with Crippen LogP contribution in [0.15, 0.2) is 6.33 Å². The van der Waals surface area contributed by atoms with E-state index >= 15 is 0 Å². The molecule has 0 aliphatic carbocycles. The van der Waals surface area contributed by atoms with Gasteiger partial charge in [0.1, 0.15) is 6.33 Å². The van der Waals surface area contributed by atoms with Crippen LogP contribution in [0.1, 0.15) is 78.6 Å². The molecule has 0 aromatic carbocycles. The molecule has 0 aliphatic heterocycles. The van der Waals surface area contributed by atoms with Crippen LogP contribution < -0.4 is 0 Å². The van der Waals surface area contributed by atoms with Gasteiger partial charge in [0.15, 0.2) is 0 Å². The maximum Gasteiger partial charge on any atom is 0.268 e. The summed E-state index contributed by atoms with van der Waals surface area (Å²) < 4.78 is 28.4. The molecule has 1 atom stereocenters. The molecule has 1 aromatic rings. The summed E-state index contributed by atoms with van der Waals surface area (Å²) in [5.41, 5.74) is -0.357. The molecule has 0 N–H and O–H groups in total. The molecule has 1 rings (SSSR count). The van der Waals surface area contributed by atoms with Crippen LogP contribution in [0.5, 0.6) is 0 Å². The van der Waals surface area contributed by atoms with Crippen LogP contribution in [0.3, 0.4) is 0 Å². The normalized spacial score (nSPS) is 14.4. The minimum Gasteiger partial charge on any atom is -0.299 e. The second-order valence-corrected chi connectivity index (χ2v) is 5.96. The first-order chi connectivity index (χ1) is 9.55. The monoisotopic (exact) mass is 286 g/mol. The Balaban J connectivity index is 2.68. The van der Waals surface area contributed by atoms with Gasteiger partial charge >= 0.3 is 0 Å². The average molecular weight is 286 g/mol. The SMILES string of the molecule is CCCCCCCC(C)(CCCC)n1cnc(F)c1F. The molecule has 0 fully saturated rings. The molecule has 0 aliphatic rings. The van der Waals surface area contributed by atoms with Crippen molar-refractivity contribution in [3.05, 3.63) is 18.2 Å². The van der Waals surface area contributed by atoms with Gasteiger partial charge in [-0.2, -0.15) is 8.78 Å². The Morgan fingerprint density at radius 2 is 1.60 bits per heavy atom. The number of nitrogens with zero attached hydrogens (tertiary/aromatic N) is 2. The van der Waals surface area contributed by atoms with Gasteiger partial charge in [-0.05, 0) is 19.8 Å². The van der Waals surface area contributed by atoms with Gasteiger partial charge in [-0.3, -0.25) is 4.57 Å². The number of aromatic nitrogens is 2. The first kappa shape index (κ1) is 17.1. The van der Waals surface area contributed by atoms with Crippen LogP contribution >= 0.6 is 0 Å². The molecule has 0 bridgehead atoms. The van der Waals surface area contributed by atoms with E-state index in [0.29, 0.717) is 0 Å². The Bertz CT molecular complexity index is 390. The molecule has 0 saturated heterocycles. The van der Waals surface area contributed by atoms with Crippen molar-refractivity contribution in [1.29, 1.82) is 0 Å². The molecule has 1 heterocycles. The van der Waals surface area contributed by atoms with Gasteiger partial charge in [0.2, 0.25) is 0 Å². The van der Waals surface area contributed by atoms with Gasteiger partial charge in [0, 0.05) is 5.54 Å². The van der Waals surface area contributed by atoms with Crippen molar-refractivity contribution in [2.24, 2.45) is 0 Å². The summed E-state index contributed by atoms with van der Waals surface area (Å²) in [4.78, 5) is 3.47. The van der Waals surface area contributed by atoms with Crippen LogP contribution in [-0.4, -0.2) is 9.55 Å². The third-order valence-corrected chi connectivity index (χ3v) is 4.14. The predicted molar refractivity (Wildman–Crippen MR) is 78.7 cm³/mol. The highest BCUT2D eigenvalue weighted by molar-refractivity contribution is 4.93. The number of hydrogen-bond acceptors (Lipinski definition) is 1. The molecule has 4 heteroatoms. The molecule has 0 spiro atoms. The van der Waals surface area contributed by atoms with Crippen molar-refractivity contribution >= 4 is 0 Å². The second kappa shape index (κ2) is 8.38. The fourth-order valence-corrected chi connectivity index (χ4v) is 2.72. The van der Waals surface area contributed by atoms with E-state index in [1.54, 1.807) is 0 Å². The lowest BCUT2D eigenvalue weighted by atomic mass is 9.88. The van der Waals surface area contributed by atoms with E-state index < -0.39 is 11.9 Å². The maximum absolute atomic E-state index is 13.8. The van der Waals surface area contributed by atoms with Gasteiger partial charge in [0.05, 0.1) is 0 Å². The van der Waals surface area contributed by atoms with Gasteiger partial charge < -0.3 is 0 Å². The number of rotatable bonds is 10. The first-order valence-electron chi connectivity index (χ1n) is 7.94. The van der Waals surface area contributed by atoms with Crippen molar-refractivity contribution in [2.75, 3.05) is 0 Å². The molecule has 116 valence electrons. The van der Waals surface area contributed by atoms with Crippen molar-refractivity contribution < 1.29 is 8.78 Å². The van der Waals surface area contributed by atoms with E-state index in [0.717, 1.165) is 38.5 Å². The zero-order valence-corrected chi connectivity index (χ0v) is 13.1. The Morgan fingerprint density at radius 1 is 1.00 bits per heavy atom. The number of imidazole rings is 1. The number of halogens is 2. The Labute approximate surface area is 121 Å². The highest BCUT2D eigenvalue weighted by Crippen LogP contribution is 2.31. The Hall–Kier alpha value is -0.930. The number of hydrogen-bond donors (Lipinski definition) is 0. The summed E-state index contributed by atoms with van der Waals surface area (Å²) in [6.45, 7) is 6.33. The van der Waals surface area contributed by atoms with Crippen LogP contribution in [0.2, 0.25) is 0 Å². The molecular formula is C16H28F2N2. The van der Waals surface area contributed by atoms with E-state index in [1.165, 1.54) is 30.2 Å². The third kappa shape index (κ3) is 4.57. The lowest BCUT2D eigenvalue weighted by molar-refractivity contribution is 0.220. The smallest absolute Gasteiger partial charge is 0.268 e. The Morgan fingerprint density at radius 3 is 2.15 bits per heavy atom. The van der Waals surface area contributed by atoms with Crippen molar-refractivity contribution in [3.8, 4) is 0 Å². The van der Waals surface area contributed by atoms with Gasteiger partial charge in [0.25, 0.3) is 11.9 Å². The van der Waals surface area contributed by atoms with E-state index in [2.05, 4.69) is 18.8 Å². The summed E-state index contributed by atoms with van der Waals surface area (Å²) in [6, 6.07) is 0. The van der Waals surface area contributed by atoms with Gasteiger partial charge in [-0.1, -0.05) is 58.8 Å². The summed E-state index contributed by atoms with van der Waals surface area (Å²) in [7, 11) is 0. The molecule has 20 heavy (non-hydrogen) atoms. The van der Waals surface area contributed by atoms with Crippen LogP contribution in [0.4, 0.5) is 8.78 Å². The fraction of sp³-hybridized carbons (Fsp3) is 0.812. The molecule has 0 radical (unpaired) electrons. The highest BCUT2D eigenvalue weighted by Gasteiger charge is 2.29. The molecule has 0 amide bonds. The Kier molecular flexibility index (Phi) is 7.17. The van der Waals surface area contributed by atoms with Crippen molar-refractivity contribution in [3.63, 3.8) is 0 Å². The molecule has 1 aromatic heterocycles. The quantitative estimate of drug-likeness (QED) is 0.525. The fourth-order valence-electron chi connectivity index (χ4n) is 2.72. The maximum atomic E-state index is 13.8. The molecule has 0 saturated carbocycles. The van der Waals surface area contributed by atoms with Crippen LogP contribution in [-0.2, 0) is 5.54 Å². The lowest BCUT2D eigenvalue weighted by Gasteiger charge is -2.31.